The molecular weight excluding hydrogens is 517 g/mol. The molecule has 0 aromatic heterocycles. The number of anilines is 1. The lowest BCUT2D eigenvalue weighted by molar-refractivity contribution is -0.0494. The van der Waals surface area contributed by atoms with Crippen LogP contribution in [-0.4, -0.2) is 42.5 Å². The van der Waals surface area contributed by atoms with Gasteiger partial charge in [-0.25, -0.2) is 9.98 Å². The van der Waals surface area contributed by atoms with Crippen LogP contribution in [0.2, 0.25) is 0 Å². The van der Waals surface area contributed by atoms with Gasteiger partial charge in [-0.1, -0.05) is 48.2 Å². The minimum atomic E-state index is -2.92. The van der Waals surface area contributed by atoms with Crippen molar-refractivity contribution in [3.8, 4) is 11.5 Å². The Bertz CT molecular complexity index is 1330. The number of para-hydroxylation sites is 2. The molecule has 0 atom stereocenters. The Morgan fingerprint density at radius 3 is 2.53 bits per heavy atom. The first kappa shape index (κ1) is 26.7. The third-order valence-electron chi connectivity index (χ3n) is 5.25. The molecule has 0 unspecified atom stereocenters. The number of aliphatic imine (C=N–C) groups is 2. The molecule has 1 fully saturated rings. The van der Waals surface area contributed by atoms with Crippen LogP contribution in [0.3, 0.4) is 0 Å². The molecule has 2 N–H and O–H groups in total. The topological polar surface area (TPSA) is 97.2 Å². The number of rotatable bonds is 9. The molecule has 38 heavy (non-hydrogen) atoms. The summed E-state index contributed by atoms with van der Waals surface area (Å²) >= 11 is 1.49. The zero-order chi connectivity index (χ0) is 26.7. The summed E-state index contributed by atoms with van der Waals surface area (Å²) in [5, 5.41) is 9.12. The fraction of sp³-hybridized carbons (Fsp3) is 0.154. The minimum Gasteiger partial charge on any atom is -0.433 e. The van der Waals surface area contributed by atoms with E-state index in [-0.39, 0.29) is 17.3 Å². The van der Waals surface area contributed by atoms with Crippen LogP contribution in [0.15, 0.2) is 93.0 Å². The van der Waals surface area contributed by atoms with Crippen LogP contribution in [0.5, 0.6) is 11.5 Å². The van der Waals surface area contributed by atoms with E-state index in [9.17, 15) is 13.3 Å². The molecule has 196 valence electrons. The maximum absolute atomic E-state index is 12.9. The van der Waals surface area contributed by atoms with E-state index in [4.69, 9.17) is 5.73 Å². The van der Waals surface area contributed by atoms with Crippen LogP contribution in [0.4, 0.5) is 24.7 Å². The van der Waals surface area contributed by atoms with E-state index in [1.54, 1.807) is 48.7 Å². The van der Waals surface area contributed by atoms with E-state index >= 15 is 0 Å². The molecule has 1 heterocycles. The van der Waals surface area contributed by atoms with E-state index < -0.39 is 6.61 Å². The lowest BCUT2D eigenvalue weighted by Gasteiger charge is -2.30. The van der Waals surface area contributed by atoms with Crippen molar-refractivity contribution >= 4 is 46.7 Å². The number of hydrogen-bond donors (Lipinski definition) is 1. The predicted octanol–water partition coefficient (Wildman–Crippen LogP) is 5.95. The maximum atomic E-state index is 12.9. The average Bonchev–Trinajstić information content (AvgIpc) is 2.94. The van der Waals surface area contributed by atoms with E-state index in [1.165, 1.54) is 36.3 Å². The van der Waals surface area contributed by atoms with Crippen molar-refractivity contribution in [3.63, 3.8) is 0 Å². The number of nitrogens with zero attached hydrogens (tertiary/aromatic N) is 5. The summed E-state index contributed by atoms with van der Waals surface area (Å²) in [6.45, 7) is -2.31. The molecule has 1 aliphatic heterocycles. The average molecular weight is 541 g/mol. The van der Waals surface area contributed by atoms with E-state index in [0.717, 1.165) is 17.7 Å². The Labute approximate surface area is 221 Å². The Kier molecular flexibility index (Phi) is 9.35. The summed E-state index contributed by atoms with van der Waals surface area (Å²) in [4.78, 5) is 13.7. The van der Waals surface area contributed by atoms with Gasteiger partial charge in [0.25, 0.3) is 0 Å². The highest BCUT2D eigenvalue weighted by Crippen LogP contribution is 2.33. The van der Waals surface area contributed by atoms with Gasteiger partial charge in [0.2, 0.25) is 0 Å². The molecule has 0 aliphatic carbocycles. The molecular formula is C26H23F3N6O2S. The molecule has 4 rings (SSSR count). The van der Waals surface area contributed by atoms with Crippen molar-refractivity contribution in [3.05, 3.63) is 83.9 Å². The number of hydrogen-bond acceptors (Lipinski definition) is 6. The van der Waals surface area contributed by atoms with E-state index in [1.807, 2.05) is 17.0 Å². The van der Waals surface area contributed by atoms with Crippen LogP contribution in [0.1, 0.15) is 17.5 Å². The van der Waals surface area contributed by atoms with Gasteiger partial charge in [-0.15, -0.1) is 5.10 Å². The summed E-state index contributed by atoms with van der Waals surface area (Å²) in [5.41, 5.74) is 8.58. The molecule has 0 radical (unpaired) electrons. The molecule has 0 bridgehead atoms. The van der Waals surface area contributed by atoms with E-state index in [0.29, 0.717) is 28.7 Å². The molecule has 0 spiro atoms. The van der Waals surface area contributed by atoms with Gasteiger partial charge in [0.15, 0.2) is 10.9 Å². The first-order valence-corrected chi connectivity index (χ1v) is 12.4. The largest absolute Gasteiger partial charge is 0.433 e. The Morgan fingerprint density at radius 1 is 1.03 bits per heavy atom. The SMILES string of the molecule is NC(=NC=Nc1ccc(OF)cc1)c1ccc(/C=N/N=C2\SCCCN2c2ccccc2OC(F)F)cc1. The second-order valence-corrected chi connectivity index (χ2v) is 8.84. The first-order valence-electron chi connectivity index (χ1n) is 11.4. The van der Waals surface area contributed by atoms with Gasteiger partial charge in [-0.2, -0.15) is 13.9 Å². The lowest BCUT2D eigenvalue weighted by Crippen LogP contribution is -2.34. The normalized spacial score (nSPS) is 15.6. The van der Waals surface area contributed by atoms with Crippen LogP contribution in [-0.2, 0) is 0 Å². The van der Waals surface area contributed by atoms with Gasteiger partial charge in [0, 0.05) is 22.4 Å². The van der Waals surface area contributed by atoms with Crippen molar-refractivity contribution in [2.45, 2.75) is 13.0 Å². The minimum absolute atomic E-state index is 0.0848. The Balaban J connectivity index is 1.42. The zero-order valence-corrected chi connectivity index (χ0v) is 20.8. The third-order valence-corrected chi connectivity index (χ3v) is 6.30. The molecule has 8 nitrogen and oxygen atoms in total. The quantitative estimate of drug-likeness (QED) is 0.206. The predicted molar refractivity (Wildman–Crippen MR) is 146 cm³/mol. The number of alkyl halides is 2. The molecule has 0 amide bonds. The molecule has 3 aromatic carbocycles. The van der Waals surface area contributed by atoms with Crippen molar-refractivity contribution in [2.24, 2.45) is 25.9 Å². The van der Waals surface area contributed by atoms with Crippen molar-refractivity contribution in [1.82, 2.24) is 0 Å². The Morgan fingerprint density at radius 2 is 1.79 bits per heavy atom. The molecule has 3 aromatic rings. The van der Waals surface area contributed by atoms with Crippen LogP contribution >= 0.6 is 11.8 Å². The lowest BCUT2D eigenvalue weighted by atomic mass is 10.1. The molecule has 12 heteroatoms. The van der Waals surface area contributed by atoms with Gasteiger partial charge < -0.3 is 15.4 Å². The highest BCUT2D eigenvalue weighted by atomic mass is 32.2. The van der Waals surface area contributed by atoms with Gasteiger partial charge >= 0.3 is 6.61 Å². The number of thioether (sulfide) groups is 1. The number of benzene rings is 3. The second kappa shape index (κ2) is 13.3. The fourth-order valence-corrected chi connectivity index (χ4v) is 4.35. The summed E-state index contributed by atoms with van der Waals surface area (Å²) in [7, 11) is 0. The van der Waals surface area contributed by atoms with Gasteiger partial charge in [-0.3, -0.25) is 4.94 Å². The van der Waals surface area contributed by atoms with E-state index in [2.05, 4.69) is 29.9 Å². The monoisotopic (exact) mass is 540 g/mol. The molecule has 1 aliphatic rings. The number of nitrogens with two attached hydrogens (primary N) is 1. The van der Waals surface area contributed by atoms with Gasteiger partial charge in [0.1, 0.15) is 17.9 Å². The van der Waals surface area contributed by atoms with Crippen molar-refractivity contribution in [2.75, 3.05) is 17.2 Å². The summed E-state index contributed by atoms with van der Waals surface area (Å²) in [5.74, 6) is 1.28. The van der Waals surface area contributed by atoms with Crippen molar-refractivity contribution < 1.29 is 23.0 Å². The highest BCUT2D eigenvalue weighted by molar-refractivity contribution is 8.14. The van der Waals surface area contributed by atoms with Crippen LogP contribution in [0.25, 0.3) is 0 Å². The summed E-state index contributed by atoms with van der Waals surface area (Å²) in [6.07, 6.45) is 3.77. The molecule has 1 saturated heterocycles. The van der Waals surface area contributed by atoms with Gasteiger partial charge in [-0.05, 0) is 48.4 Å². The third kappa shape index (κ3) is 7.35. The number of amidine groups is 2. The highest BCUT2D eigenvalue weighted by Gasteiger charge is 2.23. The standard InChI is InChI=1S/C26H23F3N6O2S/c27-25(28)36-23-5-2-1-4-22(23)35-14-3-15-38-26(35)34-33-16-18-6-8-19(9-7-18)24(30)32-17-31-20-10-12-21(37-29)13-11-20/h1-2,4-13,16-17,25H,3,14-15H2,(H2,30,31,32)/b33-16+,34-26-. The summed E-state index contributed by atoms with van der Waals surface area (Å²) < 4.78 is 42.5. The first-order chi connectivity index (χ1) is 18.5. The van der Waals surface area contributed by atoms with Crippen LogP contribution in [0, 0.1) is 0 Å². The maximum Gasteiger partial charge on any atom is 0.387 e. The fourth-order valence-electron chi connectivity index (χ4n) is 3.44. The Hall–Kier alpha value is -4.32. The number of ether oxygens (including phenoxy) is 1. The van der Waals surface area contributed by atoms with Gasteiger partial charge in [0.05, 0.1) is 17.6 Å². The smallest absolute Gasteiger partial charge is 0.387 e. The summed E-state index contributed by atoms with van der Waals surface area (Å²) in [6, 6.07) is 19.9. The zero-order valence-electron chi connectivity index (χ0n) is 20.0. The van der Waals surface area contributed by atoms with Crippen molar-refractivity contribution in [1.29, 1.82) is 0 Å². The second-order valence-electron chi connectivity index (χ2n) is 7.78. The number of halogens is 3. The van der Waals surface area contributed by atoms with Crippen LogP contribution < -0.4 is 20.3 Å². The molecule has 0 saturated carbocycles.